The second kappa shape index (κ2) is 14.9. The summed E-state index contributed by atoms with van der Waals surface area (Å²) < 4.78 is 20.5. The molecule has 1 fully saturated rings. The van der Waals surface area contributed by atoms with Gasteiger partial charge in [-0.1, -0.05) is 67.7 Å². The van der Waals surface area contributed by atoms with Crippen molar-refractivity contribution in [1.82, 2.24) is 14.8 Å². The van der Waals surface area contributed by atoms with Crippen molar-refractivity contribution in [2.24, 2.45) is 0 Å². The average Bonchev–Trinajstić information content (AvgIpc) is 3.41. The first-order chi connectivity index (χ1) is 20.9. The van der Waals surface area contributed by atoms with Gasteiger partial charge in [-0.25, -0.2) is 9.48 Å². The van der Waals surface area contributed by atoms with Gasteiger partial charge in [0, 0.05) is 16.5 Å². The molecule has 230 valence electrons. The largest absolute Gasteiger partial charge is 0.493 e. The maximum absolute atomic E-state index is 13.9. The minimum atomic E-state index is -0.589. The molecule has 0 spiro atoms. The summed E-state index contributed by atoms with van der Waals surface area (Å²) in [5, 5.41) is 9.47. The molecule has 1 aliphatic heterocycles. The Morgan fingerprint density at radius 2 is 1.98 bits per heavy atom. The fraction of sp³-hybridized carbons (Fsp3) is 0.469. The highest BCUT2D eigenvalue weighted by atomic mass is 79.9. The smallest absolute Gasteiger partial charge is 0.338 e. The van der Waals surface area contributed by atoms with Crippen molar-refractivity contribution in [3.05, 3.63) is 68.3 Å². The summed E-state index contributed by atoms with van der Waals surface area (Å²) in [6, 6.07) is 11.0. The first-order valence-electron chi connectivity index (χ1n) is 14.9. The van der Waals surface area contributed by atoms with Gasteiger partial charge in [0.1, 0.15) is 12.1 Å². The van der Waals surface area contributed by atoms with Crippen molar-refractivity contribution in [3.63, 3.8) is 0 Å². The molecule has 1 saturated carbocycles. The molecule has 0 bridgehead atoms. The van der Waals surface area contributed by atoms with E-state index >= 15 is 0 Å². The molecule has 2 aliphatic rings. The molecule has 1 aromatic heterocycles. The van der Waals surface area contributed by atoms with Crippen LogP contribution in [0.3, 0.4) is 0 Å². The number of benzene rings is 2. The molecule has 43 heavy (non-hydrogen) atoms. The minimum absolute atomic E-state index is 0.0822. The van der Waals surface area contributed by atoms with Gasteiger partial charge in [-0.2, -0.15) is 4.98 Å². The first kappa shape index (κ1) is 31.7. The Kier molecular flexibility index (Phi) is 11.0. The molecule has 0 radical (unpaired) electrons. The Morgan fingerprint density at radius 1 is 1.19 bits per heavy atom. The van der Waals surface area contributed by atoms with Crippen LogP contribution in [0.2, 0.25) is 5.02 Å². The number of thioether (sulfide) groups is 1. The van der Waals surface area contributed by atoms with Gasteiger partial charge in [-0.15, -0.1) is 5.10 Å². The Labute approximate surface area is 271 Å². The maximum atomic E-state index is 13.9. The molecule has 1 atom stereocenters. The number of hydrogen-bond donors (Lipinski definition) is 1. The molecular weight excluding hydrogens is 652 g/mol. The number of methoxy groups -OCH3 is 1. The van der Waals surface area contributed by atoms with Crippen molar-refractivity contribution in [1.29, 1.82) is 0 Å². The highest BCUT2D eigenvalue weighted by molar-refractivity contribution is 9.10. The lowest BCUT2D eigenvalue weighted by atomic mass is 9.94. The monoisotopic (exact) mass is 688 g/mol. The molecule has 8 nitrogen and oxygen atoms in total. The Morgan fingerprint density at radius 3 is 2.72 bits per heavy atom. The zero-order valence-electron chi connectivity index (χ0n) is 24.8. The van der Waals surface area contributed by atoms with Crippen LogP contribution >= 0.6 is 39.3 Å². The number of hydrogen-bond acceptors (Lipinski definition) is 8. The minimum Gasteiger partial charge on any atom is -0.493 e. The van der Waals surface area contributed by atoms with Crippen molar-refractivity contribution >= 4 is 51.2 Å². The van der Waals surface area contributed by atoms with Crippen molar-refractivity contribution in [3.8, 4) is 11.5 Å². The number of carbonyl (C=O) groups excluding carboxylic acids is 1. The zero-order valence-corrected chi connectivity index (χ0v) is 28.0. The number of ether oxygens (including phenoxy) is 3. The molecule has 1 N–H and O–H groups in total. The summed E-state index contributed by atoms with van der Waals surface area (Å²) in [6.07, 6.45) is 8.17. The predicted molar refractivity (Wildman–Crippen MR) is 174 cm³/mol. The number of nitrogens with zero attached hydrogens (tertiary/aromatic N) is 3. The van der Waals surface area contributed by atoms with Gasteiger partial charge in [-0.05, 0) is 84.3 Å². The van der Waals surface area contributed by atoms with Gasteiger partial charge in [0.2, 0.25) is 11.1 Å². The third-order valence-electron chi connectivity index (χ3n) is 7.76. The molecule has 0 saturated heterocycles. The van der Waals surface area contributed by atoms with Gasteiger partial charge in [0.05, 0.1) is 23.8 Å². The van der Waals surface area contributed by atoms with E-state index in [1.165, 1.54) is 18.2 Å². The number of anilines is 1. The zero-order chi connectivity index (χ0) is 30.3. The van der Waals surface area contributed by atoms with E-state index in [-0.39, 0.29) is 12.1 Å². The van der Waals surface area contributed by atoms with Crippen LogP contribution in [-0.2, 0) is 15.3 Å². The van der Waals surface area contributed by atoms with E-state index in [2.05, 4.69) is 28.2 Å². The van der Waals surface area contributed by atoms with Gasteiger partial charge < -0.3 is 19.5 Å². The van der Waals surface area contributed by atoms with Crippen molar-refractivity contribution < 1.29 is 19.0 Å². The Bertz CT molecular complexity index is 1470. The van der Waals surface area contributed by atoms with Gasteiger partial charge in [-0.3, -0.25) is 0 Å². The van der Waals surface area contributed by atoms with E-state index in [1.54, 1.807) is 11.8 Å². The molecule has 2 aromatic carbocycles. The van der Waals surface area contributed by atoms with Crippen LogP contribution in [0.5, 0.6) is 11.5 Å². The topological polar surface area (TPSA) is 87.5 Å². The summed E-state index contributed by atoms with van der Waals surface area (Å²) in [7, 11) is 1.62. The molecular formula is C32H38BrClN4O4S. The molecule has 1 aliphatic carbocycles. The van der Waals surface area contributed by atoms with Crippen LogP contribution in [0.4, 0.5) is 5.95 Å². The fourth-order valence-corrected chi connectivity index (χ4v) is 7.17. The summed E-state index contributed by atoms with van der Waals surface area (Å²) >= 11 is 11.6. The quantitative estimate of drug-likeness (QED) is 0.115. The third kappa shape index (κ3) is 7.52. The summed E-state index contributed by atoms with van der Waals surface area (Å²) in [5.74, 6) is 2.03. The molecule has 3 aromatic rings. The van der Waals surface area contributed by atoms with E-state index in [0.717, 1.165) is 60.5 Å². The first-order valence-corrected chi connectivity index (χ1v) is 17.1. The van der Waals surface area contributed by atoms with E-state index in [0.29, 0.717) is 51.3 Å². The highest BCUT2D eigenvalue weighted by Crippen LogP contribution is 2.44. The lowest BCUT2D eigenvalue weighted by Gasteiger charge is -2.30. The number of esters is 1. The Hall–Kier alpha value is -2.69. The molecule has 0 amide bonds. The lowest BCUT2D eigenvalue weighted by molar-refractivity contribution is -0.146. The molecule has 2 heterocycles. The summed E-state index contributed by atoms with van der Waals surface area (Å²) in [6.45, 7) is 4.64. The van der Waals surface area contributed by atoms with Crippen LogP contribution in [0.15, 0.2) is 57.3 Å². The third-order valence-corrected chi connectivity index (χ3v) is 9.60. The average molecular weight is 690 g/mol. The van der Waals surface area contributed by atoms with Crippen LogP contribution < -0.4 is 14.8 Å². The highest BCUT2D eigenvalue weighted by Gasteiger charge is 2.37. The number of carbonyl (C=O) groups is 1. The van der Waals surface area contributed by atoms with E-state index in [9.17, 15) is 4.79 Å². The number of fused-ring (bicyclic) bond motifs is 1. The number of nitrogens with one attached hydrogen (secondary N) is 1. The van der Waals surface area contributed by atoms with Gasteiger partial charge in [0.15, 0.2) is 11.5 Å². The standard InChI is InChI=1S/C32H38BrClN4O4S/c1-4-5-11-16-41-29-24(33)17-22(18-26(29)40-3)28-27(30(39)42-23-13-7-6-8-14-23)20(2)35-31-36-32(37-38(28)31)43-19-21-12-9-10-15-25(21)34/h9-10,12,15,17-18,23,28H,4-8,11,13-14,16,19H2,1-3H3,(H,35,36,37). The summed E-state index contributed by atoms with van der Waals surface area (Å²) in [4.78, 5) is 18.6. The number of rotatable bonds is 12. The van der Waals surface area contributed by atoms with E-state index in [1.807, 2.05) is 43.3 Å². The van der Waals surface area contributed by atoms with Crippen LogP contribution in [0, 0.1) is 0 Å². The van der Waals surface area contributed by atoms with Crippen LogP contribution in [0.25, 0.3) is 0 Å². The van der Waals surface area contributed by atoms with Gasteiger partial charge >= 0.3 is 5.97 Å². The van der Waals surface area contributed by atoms with E-state index in [4.69, 9.17) is 35.9 Å². The SMILES string of the molecule is CCCCCOc1c(Br)cc(C2C(C(=O)OC3CCCCC3)=C(C)Nc3nc(SCc4ccccc4Cl)nn32)cc1OC. The molecule has 5 rings (SSSR count). The summed E-state index contributed by atoms with van der Waals surface area (Å²) in [5.41, 5.74) is 2.98. The normalized spacial score (nSPS) is 16.9. The number of halogens is 2. The van der Waals surface area contributed by atoms with Gasteiger partial charge in [0.25, 0.3) is 0 Å². The number of allylic oxidation sites excluding steroid dienone is 1. The van der Waals surface area contributed by atoms with Crippen LogP contribution in [0.1, 0.15) is 82.4 Å². The second-order valence-corrected chi connectivity index (χ2v) is 13.1. The number of unbranched alkanes of at least 4 members (excludes halogenated alkanes) is 2. The van der Waals surface area contributed by atoms with Crippen molar-refractivity contribution in [2.45, 2.75) is 88.3 Å². The van der Waals surface area contributed by atoms with E-state index < -0.39 is 6.04 Å². The maximum Gasteiger partial charge on any atom is 0.338 e. The Balaban J connectivity index is 1.50. The number of aromatic nitrogens is 3. The molecule has 11 heteroatoms. The van der Waals surface area contributed by atoms with Crippen molar-refractivity contribution in [2.75, 3.05) is 19.0 Å². The second-order valence-electron chi connectivity index (χ2n) is 10.9. The van der Waals surface area contributed by atoms with Crippen LogP contribution in [-0.4, -0.2) is 40.6 Å². The predicted octanol–water partition coefficient (Wildman–Crippen LogP) is 8.73. The lowest BCUT2D eigenvalue weighted by Crippen LogP contribution is -2.32. The fourth-order valence-electron chi connectivity index (χ4n) is 5.48. The molecule has 1 unspecified atom stereocenters.